The third kappa shape index (κ3) is 2.80. The molecular formula is C18H24N4O2. The van der Waals surface area contributed by atoms with Crippen molar-refractivity contribution in [3.05, 3.63) is 40.8 Å². The Morgan fingerprint density at radius 1 is 1.38 bits per heavy atom. The highest BCUT2D eigenvalue weighted by atomic mass is 16.5. The molecular weight excluding hydrogens is 304 g/mol. The summed E-state index contributed by atoms with van der Waals surface area (Å²) in [6.45, 7) is 3.40. The standard InChI is InChI=1S/C18H24N4O2/c1-21-15-8-10-24-12-14(15)18(20-21)16-6-4-9-22(16)11-13-5-3-7-17(19-13)23-2/h3,5,7,16H,4,6,8-12H2,1-2H3. The lowest BCUT2D eigenvalue weighted by Gasteiger charge is -2.24. The van der Waals surface area contributed by atoms with Gasteiger partial charge in [-0.15, -0.1) is 0 Å². The van der Waals surface area contributed by atoms with Crippen LogP contribution in [0.25, 0.3) is 0 Å². The third-order valence-electron chi connectivity index (χ3n) is 5.07. The monoisotopic (exact) mass is 328 g/mol. The number of hydrogen-bond donors (Lipinski definition) is 0. The molecule has 0 bridgehead atoms. The average Bonchev–Trinajstić information content (AvgIpc) is 3.20. The summed E-state index contributed by atoms with van der Waals surface area (Å²) in [7, 11) is 3.71. The number of nitrogens with zero attached hydrogens (tertiary/aromatic N) is 4. The van der Waals surface area contributed by atoms with E-state index in [1.165, 1.54) is 23.4 Å². The van der Waals surface area contributed by atoms with Gasteiger partial charge in [0, 0.05) is 37.3 Å². The molecule has 6 nitrogen and oxygen atoms in total. The molecule has 1 unspecified atom stereocenters. The molecule has 0 saturated carbocycles. The zero-order valence-electron chi connectivity index (χ0n) is 14.4. The second-order valence-electron chi connectivity index (χ2n) is 6.54. The highest BCUT2D eigenvalue weighted by molar-refractivity contribution is 5.30. The molecule has 2 aromatic heterocycles. The topological polar surface area (TPSA) is 52.4 Å². The third-order valence-corrected chi connectivity index (χ3v) is 5.07. The molecule has 24 heavy (non-hydrogen) atoms. The molecule has 128 valence electrons. The fraction of sp³-hybridized carbons (Fsp3) is 0.556. The van der Waals surface area contributed by atoms with Crippen LogP contribution in [-0.4, -0.2) is 39.9 Å². The first-order chi connectivity index (χ1) is 11.8. The second-order valence-corrected chi connectivity index (χ2v) is 6.54. The van der Waals surface area contributed by atoms with Gasteiger partial charge in [0.05, 0.1) is 37.8 Å². The van der Waals surface area contributed by atoms with Crippen LogP contribution in [0.2, 0.25) is 0 Å². The summed E-state index contributed by atoms with van der Waals surface area (Å²) >= 11 is 0. The number of aryl methyl sites for hydroxylation is 1. The summed E-state index contributed by atoms with van der Waals surface area (Å²) in [4.78, 5) is 7.05. The number of pyridine rings is 1. The summed E-state index contributed by atoms with van der Waals surface area (Å²) in [5.74, 6) is 0.673. The molecule has 0 N–H and O–H groups in total. The van der Waals surface area contributed by atoms with Crippen molar-refractivity contribution in [2.24, 2.45) is 7.05 Å². The van der Waals surface area contributed by atoms with Crippen LogP contribution in [0.5, 0.6) is 5.88 Å². The van der Waals surface area contributed by atoms with Gasteiger partial charge in [-0.3, -0.25) is 9.58 Å². The zero-order valence-corrected chi connectivity index (χ0v) is 14.4. The van der Waals surface area contributed by atoms with Crippen molar-refractivity contribution in [3.63, 3.8) is 0 Å². The molecule has 1 atom stereocenters. The summed E-state index contributed by atoms with van der Waals surface area (Å²) in [5.41, 5.74) is 4.89. The van der Waals surface area contributed by atoms with E-state index in [1.807, 2.05) is 16.8 Å². The number of fused-ring (bicyclic) bond motifs is 1. The van der Waals surface area contributed by atoms with Gasteiger partial charge in [-0.25, -0.2) is 4.98 Å². The highest BCUT2D eigenvalue weighted by Gasteiger charge is 2.32. The van der Waals surface area contributed by atoms with Crippen molar-refractivity contribution >= 4 is 0 Å². The van der Waals surface area contributed by atoms with Crippen LogP contribution in [0, 0.1) is 0 Å². The number of rotatable bonds is 4. The maximum atomic E-state index is 5.69. The molecule has 4 heterocycles. The lowest BCUT2D eigenvalue weighted by Crippen LogP contribution is -2.25. The van der Waals surface area contributed by atoms with Crippen molar-refractivity contribution in [2.45, 2.75) is 38.5 Å². The van der Waals surface area contributed by atoms with Crippen molar-refractivity contribution in [2.75, 3.05) is 20.3 Å². The first kappa shape index (κ1) is 15.6. The number of methoxy groups -OCH3 is 1. The Kier molecular flexibility index (Phi) is 4.24. The van der Waals surface area contributed by atoms with Crippen LogP contribution in [0.3, 0.4) is 0 Å². The Hall–Kier alpha value is -1.92. The van der Waals surface area contributed by atoms with E-state index in [0.29, 0.717) is 18.5 Å². The summed E-state index contributed by atoms with van der Waals surface area (Å²) in [6, 6.07) is 6.31. The molecule has 2 aliphatic rings. The van der Waals surface area contributed by atoms with Gasteiger partial charge in [-0.2, -0.15) is 5.10 Å². The van der Waals surface area contributed by atoms with Crippen LogP contribution >= 0.6 is 0 Å². The smallest absolute Gasteiger partial charge is 0.213 e. The first-order valence-electron chi connectivity index (χ1n) is 8.62. The fourth-order valence-electron chi connectivity index (χ4n) is 3.90. The predicted molar refractivity (Wildman–Crippen MR) is 89.7 cm³/mol. The molecule has 2 aromatic rings. The number of likely N-dealkylation sites (tertiary alicyclic amines) is 1. The van der Waals surface area contributed by atoms with Gasteiger partial charge < -0.3 is 9.47 Å². The van der Waals surface area contributed by atoms with Gasteiger partial charge in [-0.1, -0.05) is 6.07 Å². The minimum absolute atomic E-state index is 0.356. The van der Waals surface area contributed by atoms with Gasteiger partial charge in [0.1, 0.15) is 0 Å². The Bertz CT molecular complexity index is 728. The van der Waals surface area contributed by atoms with Gasteiger partial charge >= 0.3 is 0 Å². The largest absolute Gasteiger partial charge is 0.481 e. The van der Waals surface area contributed by atoms with Crippen molar-refractivity contribution in [3.8, 4) is 5.88 Å². The lowest BCUT2D eigenvalue weighted by atomic mass is 10.0. The first-order valence-corrected chi connectivity index (χ1v) is 8.62. The Morgan fingerprint density at radius 2 is 2.29 bits per heavy atom. The molecule has 1 saturated heterocycles. The van der Waals surface area contributed by atoms with E-state index >= 15 is 0 Å². The molecule has 0 aliphatic carbocycles. The summed E-state index contributed by atoms with van der Waals surface area (Å²) in [5, 5.41) is 4.85. The summed E-state index contributed by atoms with van der Waals surface area (Å²) < 4.78 is 13.0. The van der Waals surface area contributed by atoms with Gasteiger partial charge in [0.2, 0.25) is 5.88 Å². The van der Waals surface area contributed by atoms with Crippen molar-refractivity contribution < 1.29 is 9.47 Å². The minimum atomic E-state index is 0.356. The van der Waals surface area contributed by atoms with E-state index in [0.717, 1.165) is 38.2 Å². The van der Waals surface area contributed by atoms with Crippen LogP contribution in [-0.2, 0) is 31.4 Å². The molecule has 6 heteroatoms. The van der Waals surface area contributed by atoms with Crippen LogP contribution < -0.4 is 4.74 Å². The SMILES string of the molecule is COc1cccc(CN2CCCC2c2nn(C)c3c2COCC3)n1. The summed E-state index contributed by atoms with van der Waals surface area (Å²) in [6.07, 6.45) is 3.30. The van der Waals surface area contributed by atoms with Crippen LogP contribution in [0.4, 0.5) is 0 Å². The quantitative estimate of drug-likeness (QED) is 0.861. The number of ether oxygens (including phenoxy) is 2. The normalized spacial score (nSPS) is 21.0. The van der Waals surface area contributed by atoms with Gasteiger partial charge in [0.15, 0.2) is 0 Å². The van der Waals surface area contributed by atoms with E-state index < -0.39 is 0 Å². The van der Waals surface area contributed by atoms with Crippen LogP contribution in [0.1, 0.15) is 41.5 Å². The molecule has 1 fully saturated rings. The van der Waals surface area contributed by atoms with Gasteiger partial charge in [-0.05, 0) is 25.5 Å². The molecule has 0 spiro atoms. The van der Waals surface area contributed by atoms with Crippen molar-refractivity contribution in [1.29, 1.82) is 0 Å². The van der Waals surface area contributed by atoms with E-state index in [2.05, 4.69) is 23.0 Å². The lowest BCUT2D eigenvalue weighted by molar-refractivity contribution is 0.107. The Labute approximate surface area is 142 Å². The number of aromatic nitrogens is 3. The maximum Gasteiger partial charge on any atom is 0.213 e. The van der Waals surface area contributed by atoms with Crippen molar-refractivity contribution in [1.82, 2.24) is 19.7 Å². The molecule has 0 amide bonds. The Balaban J connectivity index is 1.59. The van der Waals surface area contributed by atoms with E-state index in [-0.39, 0.29) is 0 Å². The van der Waals surface area contributed by atoms with E-state index in [9.17, 15) is 0 Å². The fourth-order valence-corrected chi connectivity index (χ4v) is 3.90. The van der Waals surface area contributed by atoms with E-state index in [4.69, 9.17) is 14.6 Å². The maximum absolute atomic E-state index is 5.69. The predicted octanol–water partition coefficient (Wildman–Crippen LogP) is 2.23. The second kappa shape index (κ2) is 6.53. The van der Waals surface area contributed by atoms with Crippen LogP contribution in [0.15, 0.2) is 18.2 Å². The van der Waals surface area contributed by atoms with E-state index in [1.54, 1.807) is 7.11 Å². The molecule has 0 aromatic carbocycles. The highest BCUT2D eigenvalue weighted by Crippen LogP contribution is 2.36. The molecule has 4 rings (SSSR count). The molecule has 0 radical (unpaired) electrons. The molecule has 2 aliphatic heterocycles. The number of hydrogen-bond acceptors (Lipinski definition) is 5. The average molecular weight is 328 g/mol. The van der Waals surface area contributed by atoms with Gasteiger partial charge in [0.25, 0.3) is 0 Å². The Morgan fingerprint density at radius 3 is 3.17 bits per heavy atom. The minimum Gasteiger partial charge on any atom is -0.481 e. The zero-order chi connectivity index (χ0) is 16.5.